The van der Waals surface area contributed by atoms with Gasteiger partial charge in [-0.2, -0.15) is 0 Å². The van der Waals surface area contributed by atoms with Crippen LogP contribution in [0.5, 0.6) is 0 Å². The molecule has 4 heteroatoms. The second-order valence-electron chi connectivity index (χ2n) is 4.51. The third-order valence-electron chi connectivity index (χ3n) is 3.00. The van der Waals surface area contributed by atoms with E-state index in [1.807, 2.05) is 0 Å². The third kappa shape index (κ3) is 5.36. The smallest absolute Gasteiger partial charge is 0.107 e. The number of hydrogen-bond donors (Lipinski definition) is 1. The van der Waals surface area contributed by atoms with Crippen LogP contribution in [-0.2, 0) is 6.54 Å². The first-order chi connectivity index (χ1) is 8.17. The van der Waals surface area contributed by atoms with E-state index < -0.39 is 0 Å². The van der Waals surface area contributed by atoms with E-state index in [2.05, 4.69) is 31.1 Å². The Morgan fingerprint density at radius 2 is 2.12 bits per heavy atom. The van der Waals surface area contributed by atoms with Crippen molar-refractivity contribution in [3.63, 3.8) is 0 Å². The second kappa shape index (κ2) is 8.06. The Labute approximate surface area is 114 Å². The number of alkyl halides is 1. The number of nitrogens with zero attached hydrogens (tertiary/aromatic N) is 1. The molecule has 0 saturated heterocycles. The van der Waals surface area contributed by atoms with Crippen LogP contribution < -0.4 is 5.32 Å². The molecule has 0 bridgehead atoms. The Kier molecular flexibility index (Phi) is 7.09. The van der Waals surface area contributed by atoms with E-state index in [0.717, 1.165) is 31.1 Å². The molecule has 0 radical (unpaired) electrons. The summed E-state index contributed by atoms with van der Waals surface area (Å²) in [6.45, 7) is 8.38. The first kappa shape index (κ1) is 14.9. The molecule has 0 aliphatic carbocycles. The van der Waals surface area contributed by atoms with Crippen molar-refractivity contribution in [2.75, 3.05) is 12.4 Å². The first-order valence-electron chi connectivity index (χ1n) is 6.37. The van der Waals surface area contributed by atoms with Crippen molar-refractivity contribution in [2.24, 2.45) is 5.92 Å². The van der Waals surface area contributed by atoms with Crippen LogP contribution in [0.4, 0.5) is 0 Å². The number of aryl methyl sites for hydroxylation is 2. The number of aromatic nitrogens is 1. The fraction of sp³-hybridized carbons (Fsp3) is 0.769. The Balaban J connectivity index is 2.30. The fourth-order valence-corrected chi connectivity index (χ4v) is 3.12. The summed E-state index contributed by atoms with van der Waals surface area (Å²) in [6, 6.07) is 0. The topological polar surface area (TPSA) is 24.9 Å². The monoisotopic (exact) mass is 274 g/mol. The number of halogens is 1. The lowest BCUT2D eigenvalue weighted by Gasteiger charge is -2.14. The van der Waals surface area contributed by atoms with Crippen LogP contribution in [0.1, 0.15) is 41.8 Å². The quantitative estimate of drug-likeness (QED) is 0.728. The Morgan fingerprint density at radius 3 is 2.65 bits per heavy atom. The Bertz CT molecular complexity index is 300. The van der Waals surface area contributed by atoms with E-state index >= 15 is 0 Å². The fourth-order valence-electron chi connectivity index (χ4n) is 1.91. The van der Waals surface area contributed by atoms with Gasteiger partial charge in [0.25, 0.3) is 0 Å². The van der Waals surface area contributed by atoms with Gasteiger partial charge in [-0.05, 0) is 39.2 Å². The largest absolute Gasteiger partial charge is 0.310 e. The molecule has 0 fully saturated rings. The van der Waals surface area contributed by atoms with Crippen molar-refractivity contribution in [1.82, 2.24) is 10.3 Å². The minimum Gasteiger partial charge on any atom is -0.310 e. The van der Waals surface area contributed by atoms with Gasteiger partial charge < -0.3 is 5.32 Å². The molecule has 1 N–H and O–H groups in total. The van der Waals surface area contributed by atoms with Crippen molar-refractivity contribution in [3.8, 4) is 0 Å². The molecule has 0 aliphatic heterocycles. The maximum absolute atomic E-state index is 5.81. The summed E-state index contributed by atoms with van der Waals surface area (Å²) in [6.07, 6.45) is 3.60. The summed E-state index contributed by atoms with van der Waals surface area (Å²) in [5, 5.41) is 4.70. The lowest BCUT2D eigenvalue weighted by Crippen LogP contribution is -2.22. The maximum Gasteiger partial charge on any atom is 0.107 e. The molecule has 1 aromatic heterocycles. The molecule has 0 aliphatic rings. The van der Waals surface area contributed by atoms with Gasteiger partial charge in [0.1, 0.15) is 5.01 Å². The lowest BCUT2D eigenvalue weighted by molar-refractivity contribution is 0.430. The summed E-state index contributed by atoms with van der Waals surface area (Å²) >= 11 is 7.61. The number of rotatable bonds is 8. The zero-order valence-corrected chi connectivity index (χ0v) is 12.6. The highest BCUT2D eigenvalue weighted by molar-refractivity contribution is 7.11. The summed E-state index contributed by atoms with van der Waals surface area (Å²) in [7, 11) is 0. The van der Waals surface area contributed by atoms with Gasteiger partial charge in [-0.15, -0.1) is 22.9 Å². The maximum atomic E-state index is 5.81. The molecule has 98 valence electrons. The van der Waals surface area contributed by atoms with E-state index in [1.165, 1.54) is 22.7 Å². The molecular weight excluding hydrogens is 252 g/mol. The second-order valence-corrected chi connectivity index (χ2v) is 6.18. The van der Waals surface area contributed by atoms with Crippen LogP contribution in [0, 0.1) is 19.8 Å². The van der Waals surface area contributed by atoms with Gasteiger partial charge in [-0.3, -0.25) is 0 Å². The number of thiazole rings is 1. The molecule has 1 unspecified atom stereocenters. The van der Waals surface area contributed by atoms with Crippen LogP contribution in [0.15, 0.2) is 0 Å². The van der Waals surface area contributed by atoms with Crippen LogP contribution in [-0.4, -0.2) is 17.4 Å². The molecule has 1 rings (SSSR count). The average Bonchev–Trinajstić information content (AvgIpc) is 2.59. The van der Waals surface area contributed by atoms with Crippen LogP contribution in [0.25, 0.3) is 0 Å². The van der Waals surface area contributed by atoms with Crippen molar-refractivity contribution >= 4 is 22.9 Å². The summed E-state index contributed by atoms with van der Waals surface area (Å²) in [5.41, 5.74) is 1.16. The van der Waals surface area contributed by atoms with E-state index in [0.29, 0.717) is 5.92 Å². The van der Waals surface area contributed by atoms with Crippen molar-refractivity contribution in [1.29, 1.82) is 0 Å². The zero-order valence-electron chi connectivity index (χ0n) is 11.1. The standard InChI is InChI=1S/C13H23ClN2S/c1-4-5-12(6-7-14)8-15-9-13-16-10(2)11(3)17-13/h12,15H,4-9H2,1-3H3. The zero-order chi connectivity index (χ0) is 12.7. The average molecular weight is 275 g/mol. The van der Waals surface area contributed by atoms with Crippen molar-refractivity contribution in [2.45, 2.75) is 46.6 Å². The van der Waals surface area contributed by atoms with E-state index in [1.54, 1.807) is 11.3 Å². The van der Waals surface area contributed by atoms with E-state index in [9.17, 15) is 0 Å². The van der Waals surface area contributed by atoms with Crippen LogP contribution >= 0.6 is 22.9 Å². The molecule has 1 atom stereocenters. The molecule has 1 heterocycles. The molecule has 0 spiro atoms. The molecular formula is C13H23ClN2S. The van der Waals surface area contributed by atoms with Gasteiger partial charge in [0, 0.05) is 17.3 Å². The molecule has 1 aromatic rings. The predicted molar refractivity (Wildman–Crippen MR) is 77.0 cm³/mol. The van der Waals surface area contributed by atoms with Gasteiger partial charge in [0.15, 0.2) is 0 Å². The van der Waals surface area contributed by atoms with Crippen molar-refractivity contribution < 1.29 is 0 Å². The van der Waals surface area contributed by atoms with Gasteiger partial charge in [-0.25, -0.2) is 4.98 Å². The highest BCUT2D eigenvalue weighted by Crippen LogP contribution is 2.16. The molecule has 2 nitrogen and oxygen atoms in total. The van der Waals surface area contributed by atoms with Gasteiger partial charge in [0.2, 0.25) is 0 Å². The van der Waals surface area contributed by atoms with Gasteiger partial charge in [0.05, 0.1) is 5.69 Å². The Hall–Kier alpha value is -0.120. The molecule has 0 saturated carbocycles. The van der Waals surface area contributed by atoms with Gasteiger partial charge in [-0.1, -0.05) is 13.3 Å². The summed E-state index contributed by atoms with van der Waals surface area (Å²) < 4.78 is 0. The highest BCUT2D eigenvalue weighted by Gasteiger charge is 2.08. The normalized spacial score (nSPS) is 12.9. The van der Waals surface area contributed by atoms with Crippen molar-refractivity contribution in [3.05, 3.63) is 15.6 Å². The number of nitrogens with one attached hydrogen (secondary N) is 1. The molecule has 0 amide bonds. The number of hydrogen-bond acceptors (Lipinski definition) is 3. The van der Waals surface area contributed by atoms with Crippen LogP contribution in [0.2, 0.25) is 0 Å². The first-order valence-corrected chi connectivity index (χ1v) is 7.72. The Morgan fingerprint density at radius 1 is 1.35 bits per heavy atom. The van der Waals surface area contributed by atoms with E-state index in [4.69, 9.17) is 11.6 Å². The lowest BCUT2D eigenvalue weighted by atomic mass is 10.0. The predicted octanol–water partition coefficient (Wildman–Crippen LogP) is 3.89. The molecule has 0 aromatic carbocycles. The SMILES string of the molecule is CCCC(CCCl)CNCc1nc(C)c(C)s1. The van der Waals surface area contributed by atoms with Gasteiger partial charge >= 0.3 is 0 Å². The molecule has 17 heavy (non-hydrogen) atoms. The minimum atomic E-state index is 0.708. The summed E-state index contributed by atoms with van der Waals surface area (Å²) in [4.78, 5) is 5.86. The third-order valence-corrected chi connectivity index (χ3v) is 4.29. The minimum absolute atomic E-state index is 0.708. The van der Waals surface area contributed by atoms with E-state index in [-0.39, 0.29) is 0 Å². The highest BCUT2D eigenvalue weighted by atomic mass is 35.5. The van der Waals surface area contributed by atoms with Crippen LogP contribution in [0.3, 0.4) is 0 Å². The summed E-state index contributed by atoms with van der Waals surface area (Å²) in [5.74, 6) is 1.47.